The summed E-state index contributed by atoms with van der Waals surface area (Å²) < 4.78 is 24.5. The van der Waals surface area contributed by atoms with Gasteiger partial charge in [-0.05, 0) is 36.8 Å². The Hall–Kier alpha value is -1.56. The molecule has 0 spiro atoms. The number of hydrogen-bond donors (Lipinski definition) is 2. The molecule has 0 saturated heterocycles. The molecule has 0 amide bonds. The average molecular weight is 366 g/mol. The summed E-state index contributed by atoms with van der Waals surface area (Å²) >= 11 is 0. The summed E-state index contributed by atoms with van der Waals surface area (Å²) in [5.41, 5.74) is 0. The molecule has 5 nitrogen and oxygen atoms in total. The molecule has 1 aromatic rings. The molecule has 1 saturated carbocycles. The van der Waals surface area contributed by atoms with Gasteiger partial charge in [0.1, 0.15) is 0 Å². The second-order valence-electron chi connectivity index (χ2n) is 6.98. The molecule has 0 heterocycles. The van der Waals surface area contributed by atoms with Crippen molar-refractivity contribution in [2.75, 3.05) is 25.9 Å². The zero-order valence-corrected chi connectivity index (χ0v) is 16.2. The van der Waals surface area contributed by atoms with Gasteiger partial charge in [-0.1, -0.05) is 44.4 Å². The van der Waals surface area contributed by atoms with Crippen LogP contribution in [0.25, 0.3) is 0 Å². The quantitative estimate of drug-likeness (QED) is 0.576. The average Bonchev–Trinajstić information content (AvgIpc) is 2.61. The molecule has 1 aliphatic rings. The molecule has 25 heavy (non-hydrogen) atoms. The highest BCUT2D eigenvalue weighted by Crippen LogP contribution is 2.30. The largest absolute Gasteiger partial charge is 0.356 e. The fourth-order valence-electron chi connectivity index (χ4n) is 3.49. The van der Waals surface area contributed by atoms with E-state index in [-0.39, 0.29) is 5.75 Å². The molecule has 2 rings (SSSR count). The third kappa shape index (κ3) is 6.69. The van der Waals surface area contributed by atoms with E-state index in [0.717, 1.165) is 24.8 Å². The van der Waals surface area contributed by atoms with Crippen LogP contribution in [-0.2, 0) is 9.84 Å². The lowest BCUT2D eigenvalue weighted by molar-refractivity contribution is 0.270. The lowest BCUT2D eigenvalue weighted by Crippen LogP contribution is -2.40. The Morgan fingerprint density at radius 3 is 2.56 bits per heavy atom. The van der Waals surface area contributed by atoms with E-state index in [2.05, 4.69) is 22.5 Å². The van der Waals surface area contributed by atoms with Gasteiger partial charge in [-0.2, -0.15) is 0 Å². The fourth-order valence-corrected chi connectivity index (χ4v) is 4.67. The Morgan fingerprint density at radius 2 is 1.88 bits per heavy atom. The summed E-state index contributed by atoms with van der Waals surface area (Å²) in [6, 6.07) is 8.57. The number of benzene rings is 1. The van der Waals surface area contributed by atoms with Gasteiger partial charge in [0.2, 0.25) is 0 Å². The highest BCUT2D eigenvalue weighted by atomic mass is 32.2. The zero-order valence-electron chi connectivity index (χ0n) is 15.4. The van der Waals surface area contributed by atoms with Crippen LogP contribution in [0.15, 0.2) is 40.2 Å². The Labute approximate surface area is 152 Å². The van der Waals surface area contributed by atoms with E-state index < -0.39 is 9.84 Å². The minimum Gasteiger partial charge on any atom is -0.356 e. The van der Waals surface area contributed by atoms with Gasteiger partial charge in [0.25, 0.3) is 0 Å². The fraction of sp³-hybridized carbons (Fsp3) is 0.632. The van der Waals surface area contributed by atoms with Gasteiger partial charge >= 0.3 is 0 Å². The number of sulfone groups is 1. The normalized spacial score (nSPS) is 21.8. The molecule has 0 aromatic heterocycles. The molecule has 140 valence electrons. The number of nitrogens with zero attached hydrogens (tertiary/aromatic N) is 1. The molecular weight excluding hydrogens is 334 g/mol. The Morgan fingerprint density at radius 1 is 1.16 bits per heavy atom. The van der Waals surface area contributed by atoms with E-state index >= 15 is 0 Å². The van der Waals surface area contributed by atoms with Gasteiger partial charge in [0, 0.05) is 20.1 Å². The van der Waals surface area contributed by atoms with E-state index in [4.69, 9.17) is 0 Å². The van der Waals surface area contributed by atoms with Crippen LogP contribution >= 0.6 is 0 Å². The summed E-state index contributed by atoms with van der Waals surface area (Å²) in [5, 5.41) is 6.40. The SMILES string of the molecule is CN=C(NCCC1CCCC(C)C1)NCCS(=O)(=O)c1ccccc1. The summed E-state index contributed by atoms with van der Waals surface area (Å²) in [6.45, 7) is 3.56. The second-order valence-corrected chi connectivity index (χ2v) is 9.09. The van der Waals surface area contributed by atoms with Crippen molar-refractivity contribution in [2.45, 2.75) is 43.9 Å². The van der Waals surface area contributed by atoms with Crippen LogP contribution in [-0.4, -0.2) is 40.3 Å². The van der Waals surface area contributed by atoms with Crippen LogP contribution < -0.4 is 10.6 Å². The smallest absolute Gasteiger partial charge is 0.191 e. The molecule has 0 radical (unpaired) electrons. The molecule has 2 unspecified atom stereocenters. The number of hydrogen-bond acceptors (Lipinski definition) is 3. The third-order valence-electron chi connectivity index (χ3n) is 4.88. The van der Waals surface area contributed by atoms with Crippen LogP contribution in [0.1, 0.15) is 39.0 Å². The zero-order chi connectivity index (χ0) is 18.1. The summed E-state index contributed by atoms with van der Waals surface area (Å²) in [6.07, 6.45) is 6.50. The number of nitrogens with one attached hydrogen (secondary N) is 2. The first kappa shape index (κ1) is 19.8. The minimum absolute atomic E-state index is 0.0534. The van der Waals surface area contributed by atoms with E-state index in [9.17, 15) is 8.42 Å². The van der Waals surface area contributed by atoms with Gasteiger partial charge in [-0.25, -0.2) is 8.42 Å². The van der Waals surface area contributed by atoms with E-state index in [1.54, 1.807) is 31.3 Å². The van der Waals surface area contributed by atoms with Crippen molar-refractivity contribution in [3.05, 3.63) is 30.3 Å². The van der Waals surface area contributed by atoms with Crippen molar-refractivity contribution in [1.82, 2.24) is 10.6 Å². The summed E-state index contributed by atoms with van der Waals surface area (Å²) in [7, 11) is -1.54. The second kappa shape index (κ2) is 9.80. The summed E-state index contributed by atoms with van der Waals surface area (Å²) in [4.78, 5) is 4.54. The maximum atomic E-state index is 12.3. The van der Waals surface area contributed by atoms with Crippen LogP contribution in [0.2, 0.25) is 0 Å². The van der Waals surface area contributed by atoms with Crippen molar-refractivity contribution in [3.8, 4) is 0 Å². The van der Waals surface area contributed by atoms with Crippen LogP contribution in [0.3, 0.4) is 0 Å². The first-order valence-corrected chi connectivity index (χ1v) is 10.9. The topological polar surface area (TPSA) is 70.6 Å². The molecule has 2 atom stereocenters. The van der Waals surface area contributed by atoms with Crippen molar-refractivity contribution in [2.24, 2.45) is 16.8 Å². The van der Waals surface area contributed by atoms with Crippen molar-refractivity contribution in [1.29, 1.82) is 0 Å². The standard InChI is InChI=1S/C19H31N3O2S/c1-16-7-6-8-17(15-16)11-12-21-19(20-2)22-13-14-25(23,24)18-9-4-3-5-10-18/h3-5,9-10,16-17H,6-8,11-15H2,1-2H3,(H2,20,21,22). The lowest BCUT2D eigenvalue weighted by atomic mass is 9.81. The number of guanidine groups is 1. The van der Waals surface area contributed by atoms with E-state index in [1.807, 2.05) is 6.07 Å². The predicted octanol–water partition coefficient (Wildman–Crippen LogP) is 2.84. The molecule has 6 heteroatoms. The minimum atomic E-state index is -3.25. The van der Waals surface area contributed by atoms with Gasteiger partial charge in [-0.15, -0.1) is 0 Å². The first-order valence-electron chi connectivity index (χ1n) is 9.23. The lowest BCUT2D eigenvalue weighted by Gasteiger charge is -2.26. The Bertz CT molecular complexity index is 644. The van der Waals surface area contributed by atoms with Crippen LogP contribution in [0.4, 0.5) is 0 Å². The third-order valence-corrected chi connectivity index (χ3v) is 6.61. The van der Waals surface area contributed by atoms with E-state index in [0.29, 0.717) is 17.4 Å². The molecule has 1 fully saturated rings. The van der Waals surface area contributed by atoms with Crippen molar-refractivity contribution in [3.63, 3.8) is 0 Å². The monoisotopic (exact) mass is 365 g/mol. The highest BCUT2D eigenvalue weighted by Gasteiger charge is 2.18. The Kier molecular flexibility index (Phi) is 7.75. The summed E-state index contributed by atoms with van der Waals surface area (Å²) in [5.74, 6) is 2.37. The van der Waals surface area contributed by atoms with Crippen molar-refractivity contribution >= 4 is 15.8 Å². The molecule has 0 bridgehead atoms. The Balaban J connectivity index is 1.70. The predicted molar refractivity (Wildman–Crippen MR) is 104 cm³/mol. The van der Waals surface area contributed by atoms with Crippen LogP contribution in [0.5, 0.6) is 0 Å². The van der Waals surface area contributed by atoms with Crippen molar-refractivity contribution < 1.29 is 8.42 Å². The van der Waals surface area contributed by atoms with Gasteiger partial charge < -0.3 is 10.6 Å². The van der Waals surface area contributed by atoms with Gasteiger partial charge in [0.15, 0.2) is 15.8 Å². The molecular formula is C19H31N3O2S. The molecule has 0 aliphatic heterocycles. The van der Waals surface area contributed by atoms with E-state index in [1.165, 1.54) is 25.7 Å². The first-order chi connectivity index (χ1) is 12.0. The van der Waals surface area contributed by atoms with Crippen LogP contribution in [0, 0.1) is 11.8 Å². The number of aliphatic imine (C=N–C) groups is 1. The number of rotatable bonds is 7. The van der Waals surface area contributed by atoms with Gasteiger partial charge in [-0.3, -0.25) is 4.99 Å². The van der Waals surface area contributed by atoms with Gasteiger partial charge in [0.05, 0.1) is 10.6 Å². The highest BCUT2D eigenvalue weighted by molar-refractivity contribution is 7.91. The maximum Gasteiger partial charge on any atom is 0.191 e. The molecule has 1 aliphatic carbocycles. The molecule has 1 aromatic carbocycles. The molecule has 2 N–H and O–H groups in total. The maximum absolute atomic E-state index is 12.3.